The number of rotatable bonds is 3. The molecule has 2 atom stereocenters. The average molecular weight is 621 g/mol. The molecule has 3 aliphatic heterocycles. The molecule has 230 valence electrons. The van der Waals surface area contributed by atoms with Crippen LogP contribution in [0.1, 0.15) is 41.1 Å². The van der Waals surface area contributed by atoms with Crippen molar-refractivity contribution >= 4 is 28.7 Å². The van der Waals surface area contributed by atoms with Crippen molar-refractivity contribution in [1.82, 2.24) is 14.9 Å². The highest BCUT2D eigenvalue weighted by Crippen LogP contribution is 2.54. The molecule has 1 aliphatic carbocycles. The predicted molar refractivity (Wildman–Crippen MR) is 192 cm³/mol. The Morgan fingerprint density at radius 1 is 0.875 bits per heavy atom. The highest BCUT2D eigenvalue weighted by Gasteiger charge is 2.39. The molecule has 48 heavy (non-hydrogen) atoms. The molecule has 5 nitrogen and oxygen atoms in total. The molecular formula is C43H32N4O. The summed E-state index contributed by atoms with van der Waals surface area (Å²) in [7, 11) is 0. The van der Waals surface area contributed by atoms with E-state index in [9.17, 15) is 0 Å². The molecule has 0 saturated heterocycles. The summed E-state index contributed by atoms with van der Waals surface area (Å²) in [5.74, 6) is 1.04. The molecule has 2 aromatic heterocycles. The molecule has 4 aromatic carbocycles. The second-order valence-corrected chi connectivity index (χ2v) is 12.9. The summed E-state index contributed by atoms with van der Waals surface area (Å²) >= 11 is 0. The van der Waals surface area contributed by atoms with Gasteiger partial charge < -0.3 is 19.5 Å². The van der Waals surface area contributed by atoms with Crippen LogP contribution < -0.4 is 15.0 Å². The molecule has 2 unspecified atom stereocenters. The van der Waals surface area contributed by atoms with Crippen molar-refractivity contribution in [1.29, 1.82) is 0 Å². The van der Waals surface area contributed by atoms with E-state index in [0.717, 1.165) is 54.2 Å². The number of anilines is 3. The third kappa shape index (κ3) is 4.02. The topological polar surface area (TPSA) is 42.3 Å². The number of benzene rings is 3. The minimum absolute atomic E-state index is 0.0604. The average Bonchev–Trinajstić information content (AvgIpc) is 3.53. The Kier molecular flexibility index (Phi) is 6.10. The Morgan fingerprint density at radius 3 is 2.65 bits per heavy atom. The predicted octanol–water partition coefficient (Wildman–Crippen LogP) is 9.43. The zero-order valence-corrected chi connectivity index (χ0v) is 26.4. The van der Waals surface area contributed by atoms with E-state index in [4.69, 9.17) is 4.74 Å². The molecule has 0 bridgehead atoms. The molecule has 5 heterocycles. The second kappa shape index (κ2) is 10.8. The first kappa shape index (κ1) is 27.2. The van der Waals surface area contributed by atoms with E-state index in [2.05, 4.69) is 135 Å². The molecule has 0 radical (unpaired) electrons. The summed E-state index contributed by atoms with van der Waals surface area (Å²) in [4.78, 5) is 6.83. The maximum Gasteiger partial charge on any atom is 0.134 e. The van der Waals surface area contributed by atoms with Gasteiger partial charge in [0, 0.05) is 75.8 Å². The molecule has 4 aliphatic rings. The summed E-state index contributed by atoms with van der Waals surface area (Å²) in [6.07, 6.45) is 13.7. The van der Waals surface area contributed by atoms with Gasteiger partial charge in [0.15, 0.2) is 0 Å². The fourth-order valence-electron chi connectivity index (χ4n) is 8.18. The Hall–Kier alpha value is -5.99. The summed E-state index contributed by atoms with van der Waals surface area (Å²) < 4.78 is 9.03. The van der Waals surface area contributed by atoms with Gasteiger partial charge in [-0.05, 0) is 73.4 Å². The Balaban J connectivity index is 1.18. The Labute approximate surface area is 280 Å². The number of nitrogens with one attached hydrogen (secondary N) is 1. The van der Waals surface area contributed by atoms with Crippen molar-refractivity contribution < 1.29 is 4.74 Å². The van der Waals surface area contributed by atoms with Gasteiger partial charge in [0.2, 0.25) is 0 Å². The number of hydrogen-bond donors (Lipinski definition) is 1. The number of pyridine rings is 1. The number of hydrogen-bond acceptors (Lipinski definition) is 4. The first-order valence-electron chi connectivity index (χ1n) is 16.8. The van der Waals surface area contributed by atoms with E-state index in [-0.39, 0.29) is 12.0 Å². The van der Waals surface area contributed by atoms with Gasteiger partial charge in [-0.2, -0.15) is 0 Å². The van der Waals surface area contributed by atoms with Crippen LogP contribution in [0.2, 0.25) is 0 Å². The SMILES string of the molecule is c1cccc(-n2c3c(c4c2-c2ccccc2N(c2cccc(C5CNC=C6c7cnccc7OC65)c2)c2ccccc2-4)C=CCCC3)c#1. The summed E-state index contributed by atoms with van der Waals surface area (Å²) in [5, 5.41) is 3.55. The van der Waals surface area contributed by atoms with Crippen molar-refractivity contribution in [3.63, 3.8) is 0 Å². The standard InChI is InChI=1S/C43H32N4O/c1-3-13-29(14-4-1)47-38-19-6-2-5-16-32(38)41-31-17-7-9-20-37(31)46(39-21-10-8-18-33(39)42(41)47)30-15-11-12-28(24-30)34-25-45-27-36-35-26-44-23-22-40(35)48-43(34)36/h1,3,5,7-13,15-18,20-24,26-27,34,43,45H,2,6,19,25H2. The largest absolute Gasteiger partial charge is 0.484 e. The fourth-order valence-corrected chi connectivity index (χ4v) is 8.18. The quantitative estimate of drug-likeness (QED) is 0.214. The minimum Gasteiger partial charge on any atom is -0.484 e. The molecule has 10 rings (SSSR count). The Morgan fingerprint density at radius 2 is 1.75 bits per heavy atom. The van der Waals surface area contributed by atoms with Gasteiger partial charge in [-0.15, -0.1) is 0 Å². The zero-order valence-electron chi connectivity index (χ0n) is 26.4. The van der Waals surface area contributed by atoms with Crippen LogP contribution in [0.15, 0.2) is 122 Å². The van der Waals surface area contributed by atoms with E-state index >= 15 is 0 Å². The van der Waals surface area contributed by atoms with E-state index in [1.54, 1.807) is 6.20 Å². The lowest BCUT2D eigenvalue weighted by Crippen LogP contribution is -2.34. The van der Waals surface area contributed by atoms with Crippen LogP contribution in [0.5, 0.6) is 5.75 Å². The van der Waals surface area contributed by atoms with Gasteiger partial charge in [-0.3, -0.25) is 4.98 Å². The van der Waals surface area contributed by atoms with Gasteiger partial charge in [0.25, 0.3) is 0 Å². The molecule has 5 heteroatoms. The van der Waals surface area contributed by atoms with Crippen LogP contribution in [-0.2, 0) is 6.42 Å². The lowest BCUT2D eigenvalue weighted by Gasteiger charge is -2.31. The van der Waals surface area contributed by atoms with Gasteiger partial charge in [-0.25, -0.2) is 0 Å². The number of aromatic nitrogens is 2. The summed E-state index contributed by atoms with van der Waals surface area (Å²) in [5.41, 5.74) is 15.5. The van der Waals surface area contributed by atoms with Crippen LogP contribution in [0.25, 0.3) is 39.7 Å². The van der Waals surface area contributed by atoms with Crippen molar-refractivity contribution in [3.8, 4) is 33.8 Å². The fraction of sp³-hybridized carbons (Fsp3) is 0.140. The molecule has 0 saturated carbocycles. The number of para-hydroxylation sites is 2. The number of fused-ring (bicyclic) bond motifs is 10. The maximum atomic E-state index is 6.57. The number of ether oxygens (including phenoxy) is 1. The summed E-state index contributed by atoms with van der Waals surface area (Å²) in [6, 6.07) is 41.6. The molecular weight excluding hydrogens is 589 g/mol. The Bertz CT molecular complexity index is 2280. The van der Waals surface area contributed by atoms with Crippen LogP contribution in [0, 0.1) is 12.1 Å². The monoisotopic (exact) mass is 620 g/mol. The first-order chi connectivity index (χ1) is 23.8. The maximum absolute atomic E-state index is 6.57. The van der Waals surface area contributed by atoms with Crippen LogP contribution >= 0.6 is 0 Å². The second-order valence-electron chi connectivity index (χ2n) is 12.9. The lowest BCUT2D eigenvalue weighted by molar-refractivity contribution is 0.234. The smallest absolute Gasteiger partial charge is 0.134 e. The third-order valence-electron chi connectivity index (χ3n) is 10.2. The normalized spacial score (nSPS) is 18.2. The highest BCUT2D eigenvalue weighted by atomic mass is 16.5. The van der Waals surface area contributed by atoms with Gasteiger partial charge in [-0.1, -0.05) is 72.8 Å². The summed E-state index contributed by atoms with van der Waals surface area (Å²) in [6.45, 7) is 0.797. The zero-order chi connectivity index (χ0) is 31.6. The van der Waals surface area contributed by atoms with E-state index < -0.39 is 0 Å². The first-order valence-corrected chi connectivity index (χ1v) is 16.8. The van der Waals surface area contributed by atoms with Crippen LogP contribution in [0.3, 0.4) is 0 Å². The van der Waals surface area contributed by atoms with Crippen LogP contribution in [0.4, 0.5) is 17.1 Å². The third-order valence-corrected chi connectivity index (χ3v) is 10.2. The molecule has 1 N–H and O–H groups in total. The van der Waals surface area contributed by atoms with Crippen LogP contribution in [-0.4, -0.2) is 22.2 Å². The number of nitrogens with zero attached hydrogens (tertiary/aromatic N) is 3. The van der Waals surface area contributed by atoms with E-state index in [1.807, 2.05) is 18.3 Å². The van der Waals surface area contributed by atoms with Crippen molar-refractivity contribution in [2.45, 2.75) is 31.3 Å². The molecule has 0 spiro atoms. The molecule has 0 fully saturated rings. The number of allylic oxidation sites excluding steroid dienone is 1. The van der Waals surface area contributed by atoms with Gasteiger partial charge in [0.1, 0.15) is 11.9 Å². The van der Waals surface area contributed by atoms with Gasteiger partial charge in [0.05, 0.1) is 22.8 Å². The molecule has 6 aromatic rings. The van der Waals surface area contributed by atoms with Crippen molar-refractivity contribution in [3.05, 3.63) is 156 Å². The highest BCUT2D eigenvalue weighted by molar-refractivity contribution is 6.05. The van der Waals surface area contributed by atoms with E-state index in [0.29, 0.717) is 0 Å². The van der Waals surface area contributed by atoms with Crippen molar-refractivity contribution in [2.24, 2.45) is 0 Å². The van der Waals surface area contributed by atoms with Gasteiger partial charge >= 0.3 is 0 Å². The van der Waals surface area contributed by atoms with Crippen molar-refractivity contribution in [2.75, 3.05) is 11.4 Å². The van der Waals surface area contributed by atoms with E-state index in [1.165, 1.54) is 50.5 Å². The minimum atomic E-state index is -0.0604. The molecule has 0 amide bonds. The lowest BCUT2D eigenvalue weighted by atomic mass is 9.86.